The number of nitrogens with zero attached hydrogens (tertiary/aromatic N) is 5. The highest BCUT2D eigenvalue weighted by atomic mass is 79.9. The van der Waals surface area contributed by atoms with Gasteiger partial charge in [-0.3, -0.25) is 0 Å². The number of anilines is 1. The number of nitrogen functional groups attached to an aromatic ring is 1. The van der Waals surface area contributed by atoms with E-state index in [0.29, 0.717) is 16.8 Å². The van der Waals surface area contributed by atoms with Crippen molar-refractivity contribution in [1.29, 1.82) is 0 Å². The molecule has 6 nitrogen and oxygen atoms in total. The summed E-state index contributed by atoms with van der Waals surface area (Å²) >= 11 is 4.84. The van der Waals surface area contributed by atoms with Crippen molar-refractivity contribution in [2.75, 3.05) is 12.0 Å². The number of benzene rings is 1. The molecule has 19 heavy (non-hydrogen) atoms. The number of halogens is 1. The fraction of sp³-hybridized carbons (Fsp3) is 0.0909. The molecule has 0 aliphatic heterocycles. The quantitative estimate of drug-likeness (QED) is 0.723. The minimum absolute atomic E-state index is 0.281. The summed E-state index contributed by atoms with van der Waals surface area (Å²) in [5.74, 6) is 1.30. The fourth-order valence-electron chi connectivity index (χ4n) is 1.63. The number of hydrogen-bond acceptors (Lipinski definition) is 6. The normalized spacial score (nSPS) is 11.1. The average Bonchev–Trinajstić information content (AvgIpc) is 2.83. The monoisotopic (exact) mass is 336 g/mol. The third kappa shape index (κ3) is 2.28. The molecule has 2 N–H and O–H groups in total. The van der Waals surface area contributed by atoms with Crippen molar-refractivity contribution in [1.82, 2.24) is 24.6 Å². The van der Waals surface area contributed by atoms with E-state index in [0.717, 1.165) is 10.0 Å². The van der Waals surface area contributed by atoms with Gasteiger partial charge in [-0.05, 0) is 18.4 Å². The molecule has 0 fully saturated rings. The molecule has 0 unspecified atom stereocenters. The molecule has 1 aromatic carbocycles. The lowest BCUT2D eigenvalue weighted by Crippen LogP contribution is -2.04. The van der Waals surface area contributed by atoms with Gasteiger partial charge in [-0.25, -0.2) is 0 Å². The molecule has 0 bridgehead atoms. The Morgan fingerprint density at radius 3 is 2.84 bits per heavy atom. The lowest BCUT2D eigenvalue weighted by atomic mass is 10.2. The maximum absolute atomic E-state index is 5.84. The summed E-state index contributed by atoms with van der Waals surface area (Å²) in [6, 6.07) is 7.74. The van der Waals surface area contributed by atoms with Crippen molar-refractivity contribution in [3.05, 3.63) is 28.7 Å². The average molecular weight is 337 g/mol. The van der Waals surface area contributed by atoms with E-state index < -0.39 is 0 Å². The second kappa shape index (κ2) is 4.78. The predicted molar refractivity (Wildman–Crippen MR) is 77.9 cm³/mol. The van der Waals surface area contributed by atoms with E-state index in [2.05, 4.69) is 36.0 Å². The van der Waals surface area contributed by atoms with Crippen LogP contribution in [0.5, 0.6) is 0 Å². The van der Waals surface area contributed by atoms with Crippen LogP contribution in [0.15, 0.2) is 33.9 Å². The Morgan fingerprint density at radius 1 is 1.26 bits per heavy atom. The smallest absolute Gasteiger partial charge is 0.258 e. The van der Waals surface area contributed by atoms with Gasteiger partial charge in [0.1, 0.15) is 0 Å². The van der Waals surface area contributed by atoms with Gasteiger partial charge in [-0.15, -0.1) is 5.10 Å². The van der Waals surface area contributed by atoms with Gasteiger partial charge in [0.05, 0.1) is 0 Å². The summed E-state index contributed by atoms with van der Waals surface area (Å²) in [6.45, 7) is 0. The number of thioether (sulfide) groups is 1. The molecule has 2 aromatic heterocycles. The van der Waals surface area contributed by atoms with Gasteiger partial charge >= 0.3 is 0 Å². The van der Waals surface area contributed by atoms with Gasteiger partial charge in [0, 0.05) is 10.0 Å². The van der Waals surface area contributed by atoms with Crippen LogP contribution < -0.4 is 5.73 Å². The molecule has 0 aliphatic rings. The van der Waals surface area contributed by atoms with Crippen LogP contribution in [0.3, 0.4) is 0 Å². The van der Waals surface area contributed by atoms with E-state index in [9.17, 15) is 0 Å². The summed E-state index contributed by atoms with van der Waals surface area (Å²) in [5.41, 5.74) is 6.73. The number of rotatable bonds is 2. The molecule has 3 aromatic rings. The Bertz CT molecular complexity index is 756. The summed E-state index contributed by atoms with van der Waals surface area (Å²) in [4.78, 5) is 12.8. The van der Waals surface area contributed by atoms with Crippen LogP contribution in [0.2, 0.25) is 0 Å². The minimum atomic E-state index is 0.281. The first-order chi connectivity index (χ1) is 9.17. The third-order valence-electron chi connectivity index (χ3n) is 2.48. The zero-order valence-corrected chi connectivity index (χ0v) is 12.3. The van der Waals surface area contributed by atoms with E-state index in [1.54, 1.807) is 0 Å². The van der Waals surface area contributed by atoms with Crippen molar-refractivity contribution in [3.63, 3.8) is 0 Å². The maximum atomic E-state index is 5.84. The largest absolute Gasteiger partial charge is 0.368 e. The Kier molecular flexibility index (Phi) is 3.11. The number of fused-ring (bicyclic) bond motifs is 1. The molecule has 0 atom stereocenters. The van der Waals surface area contributed by atoms with Gasteiger partial charge in [0.25, 0.3) is 5.78 Å². The molecule has 0 saturated heterocycles. The standard InChI is InChI=1S/C11H9BrN6S/c1-19-11-15-9(13)18-10(16-11)14-8(17-18)6-3-2-4-7(12)5-6/h2-5H,1H3,(H2,13,14,15,16,17). The van der Waals surface area contributed by atoms with Gasteiger partial charge in [0.2, 0.25) is 5.95 Å². The Labute approximate surface area is 121 Å². The highest BCUT2D eigenvalue weighted by Crippen LogP contribution is 2.21. The lowest BCUT2D eigenvalue weighted by Gasteiger charge is -1.97. The molecular weight excluding hydrogens is 328 g/mol. The molecule has 3 rings (SSSR count). The van der Waals surface area contributed by atoms with Crippen LogP contribution in [0.4, 0.5) is 5.95 Å². The number of hydrogen-bond donors (Lipinski definition) is 1. The second-order valence-electron chi connectivity index (χ2n) is 3.73. The molecule has 0 saturated carbocycles. The van der Waals surface area contributed by atoms with E-state index in [-0.39, 0.29) is 5.95 Å². The van der Waals surface area contributed by atoms with Gasteiger partial charge < -0.3 is 5.73 Å². The summed E-state index contributed by atoms with van der Waals surface area (Å²) < 4.78 is 2.41. The molecule has 0 amide bonds. The molecule has 0 spiro atoms. The maximum Gasteiger partial charge on any atom is 0.258 e. The zero-order chi connectivity index (χ0) is 13.4. The van der Waals surface area contributed by atoms with Crippen LogP contribution in [0.25, 0.3) is 17.2 Å². The fourth-order valence-corrected chi connectivity index (χ4v) is 2.38. The van der Waals surface area contributed by atoms with Gasteiger partial charge in [-0.1, -0.05) is 39.8 Å². The van der Waals surface area contributed by atoms with E-state index in [4.69, 9.17) is 5.73 Å². The van der Waals surface area contributed by atoms with E-state index in [1.807, 2.05) is 30.5 Å². The lowest BCUT2D eigenvalue weighted by molar-refractivity contribution is 0.851. The summed E-state index contributed by atoms with van der Waals surface area (Å²) in [6.07, 6.45) is 1.89. The first kappa shape index (κ1) is 12.4. The van der Waals surface area contributed by atoms with Crippen LogP contribution in [0, 0.1) is 0 Å². The number of aromatic nitrogens is 5. The van der Waals surface area contributed by atoms with E-state index in [1.165, 1.54) is 16.3 Å². The molecular formula is C11H9BrN6S. The Morgan fingerprint density at radius 2 is 2.11 bits per heavy atom. The molecule has 96 valence electrons. The first-order valence-corrected chi connectivity index (χ1v) is 7.39. The molecule has 2 heterocycles. The van der Waals surface area contributed by atoms with Crippen LogP contribution in [-0.2, 0) is 0 Å². The van der Waals surface area contributed by atoms with Crippen molar-refractivity contribution < 1.29 is 0 Å². The zero-order valence-electron chi connectivity index (χ0n) is 9.91. The summed E-state index contributed by atoms with van der Waals surface area (Å²) in [5, 5.41) is 4.91. The second-order valence-corrected chi connectivity index (χ2v) is 5.42. The Balaban J connectivity index is 2.19. The summed E-state index contributed by atoms with van der Waals surface area (Å²) in [7, 11) is 0. The van der Waals surface area contributed by atoms with Crippen molar-refractivity contribution in [2.24, 2.45) is 0 Å². The predicted octanol–water partition coefficient (Wildman–Crippen LogP) is 2.25. The topological polar surface area (TPSA) is 82.0 Å². The SMILES string of the molecule is CSc1nc(N)n2nc(-c3cccc(Br)c3)nc2n1. The minimum Gasteiger partial charge on any atom is -0.368 e. The van der Waals surface area contributed by atoms with Crippen LogP contribution >= 0.6 is 27.7 Å². The van der Waals surface area contributed by atoms with Gasteiger partial charge in [-0.2, -0.15) is 19.5 Å². The van der Waals surface area contributed by atoms with Crippen molar-refractivity contribution in [3.8, 4) is 11.4 Å². The molecule has 0 radical (unpaired) electrons. The van der Waals surface area contributed by atoms with E-state index >= 15 is 0 Å². The highest BCUT2D eigenvalue weighted by molar-refractivity contribution is 9.10. The Hall–Kier alpha value is -1.67. The third-order valence-corrected chi connectivity index (χ3v) is 3.52. The van der Waals surface area contributed by atoms with Crippen LogP contribution in [0.1, 0.15) is 0 Å². The molecule has 0 aliphatic carbocycles. The van der Waals surface area contributed by atoms with Gasteiger partial charge in [0.15, 0.2) is 11.0 Å². The molecule has 8 heteroatoms. The first-order valence-electron chi connectivity index (χ1n) is 5.37. The van der Waals surface area contributed by atoms with Crippen molar-refractivity contribution >= 4 is 39.4 Å². The number of nitrogens with two attached hydrogens (primary N) is 1. The van der Waals surface area contributed by atoms with Crippen molar-refractivity contribution in [2.45, 2.75) is 5.16 Å². The van der Waals surface area contributed by atoms with Crippen LogP contribution in [-0.4, -0.2) is 30.8 Å². The highest BCUT2D eigenvalue weighted by Gasteiger charge is 2.11.